The quantitative estimate of drug-likeness (QED) is 0.0576. The number of methoxy groups -OCH3 is 4. The van der Waals surface area contributed by atoms with Crippen molar-refractivity contribution in [2.45, 2.75) is 65.2 Å². The van der Waals surface area contributed by atoms with Crippen LogP contribution in [0.1, 0.15) is 75.7 Å². The summed E-state index contributed by atoms with van der Waals surface area (Å²) >= 11 is 4.58. The van der Waals surface area contributed by atoms with Gasteiger partial charge >= 0.3 is 16.8 Å². The molecule has 7 rings (SSSR count). The summed E-state index contributed by atoms with van der Waals surface area (Å²) in [6.45, 7) is 6.57. The fourth-order valence-electron chi connectivity index (χ4n) is 7.49. The van der Waals surface area contributed by atoms with Gasteiger partial charge in [-0.15, -0.1) is 0 Å². The minimum Gasteiger partial charge on any atom is -0.501 e. The number of ether oxygens (including phenoxy) is 4. The summed E-state index contributed by atoms with van der Waals surface area (Å²) in [5.41, 5.74) is 3.85. The van der Waals surface area contributed by atoms with Crippen molar-refractivity contribution < 1.29 is 45.4 Å². The van der Waals surface area contributed by atoms with Gasteiger partial charge in [0, 0.05) is 33.9 Å². The molecule has 0 saturated heterocycles. The number of unbranched alkanes of at least 4 members (excludes halogenated alkanes) is 2. The van der Waals surface area contributed by atoms with Gasteiger partial charge in [0.2, 0.25) is 0 Å². The van der Waals surface area contributed by atoms with Crippen molar-refractivity contribution in [1.82, 2.24) is 0 Å². The molecule has 1 heterocycles. The van der Waals surface area contributed by atoms with Crippen LogP contribution in [0, 0.1) is 13.1 Å². The molecule has 1 aromatic heterocycles. The lowest BCUT2D eigenvalue weighted by atomic mass is 9.79. The predicted molar refractivity (Wildman–Crippen MR) is 269 cm³/mol. The molecule has 0 N–H and O–H groups in total. The number of rotatable bonds is 19. The van der Waals surface area contributed by atoms with Crippen molar-refractivity contribution in [3.05, 3.63) is 127 Å². The van der Waals surface area contributed by atoms with Crippen molar-refractivity contribution in [1.29, 1.82) is 0 Å². The highest BCUT2D eigenvalue weighted by molar-refractivity contribution is 14.1. The van der Waals surface area contributed by atoms with Gasteiger partial charge in [-0.2, -0.15) is 0 Å². The second-order valence-corrected chi connectivity index (χ2v) is 19.2. The van der Waals surface area contributed by atoms with Crippen LogP contribution in [0.2, 0.25) is 0 Å². The van der Waals surface area contributed by atoms with Crippen LogP contribution in [0.5, 0.6) is 40.2 Å². The molecule has 10 nitrogen and oxygen atoms in total. The van der Waals surface area contributed by atoms with Crippen LogP contribution in [0.4, 0.5) is 0 Å². The summed E-state index contributed by atoms with van der Waals surface area (Å²) in [5, 5.41) is 0.856. The first-order chi connectivity index (χ1) is 30.7. The Morgan fingerprint density at radius 1 is 0.635 bits per heavy atom. The van der Waals surface area contributed by atoms with E-state index in [0.717, 1.165) is 67.3 Å². The van der Waals surface area contributed by atoms with Gasteiger partial charge in [-0.25, -0.2) is 0 Å². The van der Waals surface area contributed by atoms with E-state index in [1.807, 2.05) is 97.1 Å². The van der Waals surface area contributed by atoms with Crippen molar-refractivity contribution in [3.8, 4) is 51.4 Å². The first-order valence-electron chi connectivity index (χ1n) is 20.9. The Hall–Kier alpha value is -4.23. The second-order valence-electron chi connectivity index (χ2n) is 14.9. The normalized spacial score (nSPS) is 14.7. The largest absolute Gasteiger partial charge is 0.530 e. The molecule has 1 aliphatic carbocycles. The zero-order valence-electron chi connectivity index (χ0n) is 36.4. The van der Waals surface area contributed by atoms with Gasteiger partial charge in [-0.05, 0) is 137 Å². The Morgan fingerprint density at radius 2 is 1.22 bits per heavy atom. The summed E-state index contributed by atoms with van der Waals surface area (Å²) in [6.07, 6.45) is 7.60. The maximum Gasteiger partial charge on any atom is 0.530 e. The SMILES string of the molecule is CCCCc1cc(OC)cc(-c2cc(OC)cc(I)c2OP(Oc2ccccc2)Oc2ccccc2)c1Op1oc2c(c3cc(OC)cc(I)c3o1)C=C(OC)C(C)C2CCCC. The lowest BCUT2D eigenvalue weighted by Crippen LogP contribution is -2.18. The Balaban J connectivity index is 1.47. The van der Waals surface area contributed by atoms with Gasteiger partial charge in [0.25, 0.3) is 0 Å². The van der Waals surface area contributed by atoms with E-state index in [1.165, 1.54) is 0 Å². The summed E-state index contributed by atoms with van der Waals surface area (Å²) in [6, 6.07) is 30.8. The van der Waals surface area contributed by atoms with Gasteiger partial charge in [-0.3, -0.25) is 0 Å². The molecular weight excluding hydrogens is 1060 g/mol. The first-order valence-corrected chi connectivity index (χ1v) is 25.3. The molecular formula is C49H52I2O10P2. The van der Waals surface area contributed by atoms with E-state index in [-0.39, 0.29) is 11.8 Å². The summed E-state index contributed by atoms with van der Waals surface area (Å²) in [5.74, 6) is 6.06. The average Bonchev–Trinajstić information content (AvgIpc) is 3.45. The van der Waals surface area contributed by atoms with Crippen molar-refractivity contribution >= 4 is 79.1 Å². The molecule has 5 aromatic carbocycles. The lowest BCUT2D eigenvalue weighted by molar-refractivity contribution is 0.221. The molecule has 1 aliphatic rings. The number of para-hydroxylation sites is 2. The van der Waals surface area contributed by atoms with Gasteiger partial charge < -0.3 is 45.4 Å². The molecule has 3 unspecified atom stereocenters. The van der Waals surface area contributed by atoms with Crippen LogP contribution in [0.3, 0.4) is 0 Å². The Morgan fingerprint density at radius 3 is 1.83 bits per heavy atom. The molecule has 6 aromatic rings. The summed E-state index contributed by atoms with van der Waals surface area (Å²) in [4.78, 5) is 0. The number of aryl methyl sites for hydroxylation is 1. The van der Waals surface area contributed by atoms with Crippen LogP contribution in [0.25, 0.3) is 28.2 Å². The number of allylic oxidation sites excluding steroid dienone is 1. The van der Waals surface area contributed by atoms with E-state index in [4.69, 9.17) is 45.4 Å². The number of benzene rings is 5. The van der Waals surface area contributed by atoms with Crippen LogP contribution in [0.15, 0.2) is 111 Å². The minimum atomic E-state index is -2.11. The van der Waals surface area contributed by atoms with Gasteiger partial charge in [0.15, 0.2) is 11.3 Å². The highest BCUT2D eigenvalue weighted by Crippen LogP contribution is 2.54. The fraction of sp³-hybridized carbons (Fsp3) is 0.306. The van der Waals surface area contributed by atoms with Gasteiger partial charge in [0.1, 0.15) is 40.3 Å². The molecule has 0 bridgehead atoms. The molecule has 332 valence electrons. The second kappa shape index (κ2) is 22.1. The van der Waals surface area contributed by atoms with E-state index < -0.39 is 16.8 Å². The Kier molecular flexibility index (Phi) is 16.4. The highest BCUT2D eigenvalue weighted by atomic mass is 127. The topological polar surface area (TPSA) is 100 Å². The Bertz CT molecular complexity index is 2530. The predicted octanol–water partition coefficient (Wildman–Crippen LogP) is 15.9. The average molecular weight is 1120 g/mol. The molecule has 0 saturated carbocycles. The lowest BCUT2D eigenvalue weighted by Gasteiger charge is -2.29. The summed E-state index contributed by atoms with van der Waals surface area (Å²) in [7, 11) is 2.56. The van der Waals surface area contributed by atoms with Crippen LogP contribution < -0.4 is 32.3 Å². The van der Waals surface area contributed by atoms with Crippen molar-refractivity contribution in [3.63, 3.8) is 0 Å². The molecule has 0 spiro atoms. The molecule has 14 heteroatoms. The standard InChI is InChI=1S/C49H52I2O10P2/c1-8-10-18-32-24-35(52-4)25-39(40-26-36(53-5)28-43(50)48(40)60-62(56-33-19-14-12-15-20-33)57-34-21-16-13-17-22-34)46(32)58-63-59-47-38(23-11-9-2)31(3)45(55-7)30-42(47)41-27-37(54-6)29-44(51)49(41)61-63/h12-17,19-22,24-31,38H,8-11,18,23H2,1-7H3. The first kappa shape index (κ1) is 46.8. The van der Waals surface area contributed by atoms with Gasteiger partial charge in [-0.1, -0.05) is 76.4 Å². The van der Waals surface area contributed by atoms with E-state index in [2.05, 4.69) is 72.0 Å². The fourth-order valence-corrected chi connectivity index (χ4v) is 11.5. The smallest absolute Gasteiger partial charge is 0.501 e. The third-order valence-corrected chi connectivity index (χ3v) is 14.5. The number of hydrogen-bond donors (Lipinski definition) is 0. The molecule has 0 fully saturated rings. The van der Waals surface area contributed by atoms with Crippen molar-refractivity contribution in [2.75, 3.05) is 28.4 Å². The highest BCUT2D eigenvalue weighted by Gasteiger charge is 2.34. The number of hydrogen-bond acceptors (Lipinski definition) is 10. The number of fused-ring (bicyclic) bond motifs is 3. The number of halogens is 2. The summed E-state index contributed by atoms with van der Waals surface area (Å²) < 4.78 is 66.5. The van der Waals surface area contributed by atoms with E-state index in [0.29, 0.717) is 63.4 Å². The molecule has 0 amide bonds. The molecule has 63 heavy (non-hydrogen) atoms. The molecule has 0 aliphatic heterocycles. The zero-order chi connectivity index (χ0) is 44.5. The van der Waals surface area contributed by atoms with Crippen LogP contribution in [-0.4, -0.2) is 28.4 Å². The third kappa shape index (κ3) is 11.0. The van der Waals surface area contributed by atoms with E-state index in [1.54, 1.807) is 28.4 Å². The Labute approximate surface area is 399 Å². The van der Waals surface area contributed by atoms with E-state index >= 15 is 0 Å². The molecule has 3 atom stereocenters. The third-order valence-electron chi connectivity index (χ3n) is 10.8. The zero-order valence-corrected chi connectivity index (χ0v) is 42.5. The van der Waals surface area contributed by atoms with E-state index in [9.17, 15) is 0 Å². The molecule has 0 radical (unpaired) electrons. The monoisotopic (exact) mass is 1120 g/mol. The van der Waals surface area contributed by atoms with Crippen LogP contribution in [-0.2, 0) is 11.2 Å². The van der Waals surface area contributed by atoms with Crippen molar-refractivity contribution in [2.24, 2.45) is 5.92 Å². The van der Waals surface area contributed by atoms with Crippen LogP contribution >= 0.6 is 62.0 Å². The maximum absolute atomic E-state index is 7.26. The van der Waals surface area contributed by atoms with Gasteiger partial charge in [0.05, 0.1) is 41.3 Å². The minimum absolute atomic E-state index is 0.00949. The maximum atomic E-state index is 7.26.